The maximum Gasteiger partial charge on any atom is 0.309 e. The Labute approximate surface area is 148 Å². The van der Waals surface area contributed by atoms with Crippen LogP contribution in [0.1, 0.15) is 25.3 Å². The molecule has 1 aliphatic heterocycles. The van der Waals surface area contributed by atoms with Crippen LogP contribution in [0.3, 0.4) is 0 Å². The van der Waals surface area contributed by atoms with Crippen molar-refractivity contribution >= 4 is 11.9 Å². The summed E-state index contributed by atoms with van der Waals surface area (Å²) in [5.74, 6) is -0.645. The second-order valence-electron chi connectivity index (χ2n) is 5.89. The number of esters is 1. The van der Waals surface area contributed by atoms with Crippen molar-refractivity contribution in [3.05, 3.63) is 47.7 Å². The number of nitriles is 1. The van der Waals surface area contributed by atoms with Crippen LogP contribution in [-0.2, 0) is 20.9 Å². The summed E-state index contributed by atoms with van der Waals surface area (Å²) in [6.07, 6.45) is 2.92. The molecule has 0 aliphatic carbocycles. The third kappa shape index (κ3) is 5.64. The molecule has 0 radical (unpaired) electrons. The second kappa shape index (κ2) is 9.48. The Bertz CT molecular complexity index is 656. The molecule has 0 atom stereocenters. The van der Waals surface area contributed by atoms with Crippen molar-refractivity contribution in [1.82, 2.24) is 10.2 Å². The highest BCUT2D eigenvalue weighted by Gasteiger charge is 2.25. The van der Waals surface area contributed by atoms with Crippen molar-refractivity contribution in [3.63, 3.8) is 0 Å². The minimum Gasteiger partial charge on any atom is -0.466 e. The van der Waals surface area contributed by atoms with Gasteiger partial charge in [0.15, 0.2) is 0 Å². The molecule has 0 bridgehead atoms. The molecule has 2 rings (SSSR count). The number of piperidine rings is 1. The number of nitrogens with one attached hydrogen (secondary N) is 1. The minimum atomic E-state index is -0.390. The van der Waals surface area contributed by atoms with Crippen molar-refractivity contribution in [2.75, 3.05) is 19.7 Å². The molecule has 0 saturated carbocycles. The summed E-state index contributed by atoms with van der Waals surface area (Å²) < 4.78 is 5.04. The van der Waals surface area contributed by atoms with Crippen LogP contribution in [0.15, 0.2) is 42.1 Å². The van der Waals surface area contributed by atoms with E-state index in [4.69, 9.17) is 4.74 Å². The maximum absolute atomic E-state index is 12.2. The highest BCUT2D eigenvalue weighted by atomic mass is 16.5. The number of amides is 1. The average Bonchev–Trinajstić information content (AvgIpc) is 2.65. The predicted molar refractivity (Wildman–Crippen MR) is 92.9 cm³/mol. The van der Waals surface area contributed by atoms with Gasteiger partial charge in [0.25, 0.3) is 5.91 Å². The topological polar surface area (TPSA) is 82.4 Å². The van der Waals surface area contributed by atoms with Crippen molar-refractivity contribution in [1.29, 1.82) is 5.26 Å². The smallest absolute Gasteiger partial charge is 0.309 e. The van der Waals surface area contributed by atoms with Crippen molar-refractivity contribution in [3.8, 4) is 6.07 Å². The van der Waals surface area contributed by atoms with Crippen LogP contribution in [0.25, 0.3) is 0 Å². The second-order valence-corrected chi connectivity index (χ2v) is 5.89. The number of likely N-dealkylation sites (tertiary alicyclic amines) is 1. The van der Waals surface area contributed by atoms with Gasteiger partial charge in [-0.3, -0.25) is 9.59 Å². The maximum atomic E-state index is 12.2. The molecule has 0 unspecified atom stereocenters. The molecular weight excluding hydrogens is 318 g/mol. The molecule has 6 nitrogen and oxygen atoms in total. The zero-order valence-corrected chi connectivity index (χ0v) is 14.4. The zero-order valence-electron chi connectivity index (χ0n) is 14.4. The summed E-state index contributed by atoms with van der Waals surface area (Å²) in [7, 11) is 0. The molecule has 25 heavy (non-hydrogen) atoms. The highest BCUT2D eigenvalue weighted by molar-refractivity contribution is 5.97. The number of rotatable bonds is 6. The van der Waals surface area contributed by atoms with Gasteiger partial charge in [0.1, 0.15) is 11.6 Å². The van der Waals surface area contributed by atoms with E-state index in [0.717, 1.165) is 5.56 Å². The standard InChI is InChI=1S/C19H23N3O3/c1-2-25-19(24)16-8-10-22(11-9-16)14-17(12-20)18(23)21-13-15-6-4-3-5-7-15/h3-7,14,16H,2,8-11,13H2,1H3,(H,21,23)/b17-14-. The van der Waals surface area contributed by atoms with Gasteiger partial charge in [-0.15, -0.1) is 0 Å². The third-order valence-corrected chi connectivity index (χ3v) is 4.12. The van der Waals surface area contributed by atoms with Crippen LogP contribution in [0, 0.1) is 17.2 Å². The molecule has 132 valence electrons. The Morgan fingerprint density at radius 2 is 2.00 bits per heavy atom. The Morgan fingerprint density at radius 3 is 2.60 bits per heavy atom. The number of hydrogen-bond acceptors (Lipinski definition) is 5. The summed E-state index contributed by atoms with van der Waals surface area (Å²) in [5, 5.41) is 12.0. The van der Waals surface area contributed by atoms with Crippen molar-refractivity contribution < 1.29 is 14.3 Å². The Kier molecular flexibility index (Phi) is 7.02. The molecule has 1 aromatic rings. The van der Waals surface area contributed by atoms with Crippen LogP contribution >= 0.6 is 0 Å². The van der Waals surface area contributed by atoms with Gasteiger partial charge in [0.2, 0.25) is 0 Å². The van der Waals surface area contributed by atoms with Crippen LogP contribution in [-0.4, -0.2) is 36.5 Å². The van der Waals surface area contributed by atoms with Crippen LogP contribution in [0.2, 0.25) is 0 Å². The molecule has 0 spiro atoms. The summed E-state index contributed by atoms with van der Waals surface area (Å²) in [5.41, 5.74) is 1.05. The number of ether oxygens (including phenoxy) is 1. The first-order chi connectivity index (χ1) is 12.1. The molecule has 1 fully saturated rings. The first kappa shape index (κ1) is 18.5. The Morgan fingerprint density at radius 1 is 1.32 bits per heavy atom. The van der Waals surface area contributed by atoms with E-state index >= 15 is 0 Å². The van der Waals surface area contributed by atoms with E-state index in [1.54, 1.807) is 13.1 Å². The quantitative estimate of drug-likeness (QED) is 0.486. The summed E-state index contributed by atoms with van der Waals surface area (Å²) >= 11 is 0. The number of carbonyl (C=O) groups is 2. The SMILES string of the molecule is CCOC(=O)C1CCN(/C=C(/C#N)C(=O)NCc2ccccc2)CC1. The molecule has 1 N–H and O–H groups in total. The lowest BCUT2D eigenvalue weighted by Gasteiger charge is -2.30. The van der Waals surface area contributed by atoms with Gasteiger partial charge in [0, 0.05) is 25.8 Å². The molecule has 1 saturated heterocycles. The highest BCUT2D eigenvalue weighted by Crippen LogP contribution is 2.19. The van der Waals surface area contributed by atoms with E-state index in [1.807, 2.05) is 41.3 Å². The first-order valence-corrected chi connectivity index (χ1v) is 8.48. The lowest BCUT2D eigenvalue weighted by Crippen LogP contribution is -2.35. The van der Waals surface area contributed by atoms with E-state index in [1.165, 1.54) is 0 Å². The van der Waals surface area contributed by atoms with Gasteiger partial charge in [-0.25, -0.2) is 0 Å². The molecular formula is C19H23N3O3. The molecule has 1 amide bonds. The Hall–Kier alpha value is -2.81. The van der Waals surface area contributed by atoms with E-state index in [0.29, 0.717) is 39.1 Å². The van der Waals surface area contributed by atoms with E-state index in [-0.39, 0.29) is 23.4 Å². The van der Waals surface area contributed by atoms with E-state index < -0.39 is 0 Å². The molecule has 1 heterocycles. The molecule has 1 aromatic carbocycles. The van der Waals surface area contributed by atoms with Crippen LogP contribution in [0.5, 0.6) is 0 Å². The fourth-order valence-corrected chi connectivity index (χ4v) is 2.72. The van der Waals surface area contributed by atoms with Crippen molar-refractivity contribution in [2.24, 2.45) is 5.92 Å². The van der Waals surface area contributed by atoms with Gasteiger partial charge in [-0.2, -0.15) is 5.26 Å². The van der Waals surface area contributed by atoms with E-state index in [2.05, 4.69) is 5.32 Å². The lowest BCUT2D eigenvalue weighted by molar-refractivity contribution is -0.149. The number of hydrogen-bond donors (Lipinski definition) is 1. The van der Waals surface area contributed by atoms with Gasteiger partial charge in [-0.05, 0) is 25.3 Å². The van der Waals surface area contributed by atoms with Gasteiger partial charge in [-0.1, -0.05) is 30.3 Å². The monoisotopic (exact) mass is 341 g/mol. The first-order valence-electron chi connectivity index (χ1n) is 8.48. The fourth-order valence-electron chi connectivity index (χ4n) is 2.72. The number of carbonyl (C=O) groups excluding carboxylic acids is 2. The molecule has 6 heteroatoms. The number of nitrogens with zero attached hydrogens (tertiary/aromatic N) is 2. The lowest BCUT2D eigenvalue weighted by atomic mass is 9.97. The normalized spacial score (nSPS) is 15.4. The predicted octanol–water partition coefficient (Wildman–Crippen LogP) is 1.99. The van der Waals surface area contributed by atoms with Gasteiger partial charge in [0.05, 0.1) is 12.5 Å². The summed E-state index contributed by atoms with van der Waals surface area (Å²) in [6.45, 7) is 3.81. The largest absolute Gasteiger partial charge is 0.466 e. The molecule has 0 aromatic heterocycles. The molecule has 1 aliphatic rings. The van der Waals surface area contributed by atoms with Gasteiger partial charge < -0.3 is 15.0 Å². The number of benzene rings is 1. The third-order valence-electron chi connectivity index (χ3n) is 4.12. The van der Waals surface area contributed by atoms with Crippen LogP contribution in [0.4, 0.5) is 0 Å². The van der Waals surface area contributed by atoms with Gasteiger partial charge >= 0.3 is 5.97 Å². The van der Waals surface area contributed by atoms with Crippen LogP contribution < -0.4 is 5.32 Å². The zero-order chi connectivity index (χ0) is 18.1. The fraction of sp³-hybridized carbons (Fsp3) is 0.421. The summed E-state index contributed by atoms with van der Waals surface area (Å²) in [6, 6.07) is 11.5. The Balaban J connectivity index is 1.86. The average molecular weight is 341 g/mol. The van der Waals surface area contributed by atoms with E-state index in [9.17, 15) is 14.9 Å². The van der Waals surface area contributed by atoms with Crippen molar-refractivity contribution in [2.45, 2.75) is 26.3 Å². The minimum absolute atomic E-state index is 0.0746. The summed E-state index contributed by atoms with van der Waals surface area (Å²) in [4.78, 5) is 25.8.